The highest BCUT2D eigenvalue weighted by Crippen LogP contribution is 2.16. The van der Waals surface area contributed by atoms with Gasteiger partial charge < -0.3 is 0 Å². The summed E-state index contributed by atoms with van der Waals surface area (Å²) in [6, 6.07) is 0. The molecule has 0 unspecified atom stereocenters. The first-order valence-electron chi connectivity index (χ1n) is 4.02. The zero-order chi connectivity index (χ0) is 9.28. The molecule has 2 heteroatoms. The van der Waals surface area contributed by atoms with E-state index in [-0.39, 0.29) is 5.41 Å². The second-order valence-electron chi connectivity index (χ2n) is 4.88. The van der Waals surface area contributed by atoms with Crippen molar-refractivity contribution in [2.24, 2.45) is 10.5 Å². The number of nitrogens with zero attached hydrogens (tertiary/aromatic N) is 2. The zero-order valence-corrected chi connectivity index (χ0v) is 8.89. The molecule has 66 valence electrons. The maximum atomic E-state index is 4.53. The van der Waals surface area contributed by atoms with E-state index in [1.165, 1.54) is 5.71 Å². The van der Waals surface area contributed by atoms with E-state index in [1.54, 1.807) is 0 Å². The van der Waals surface area contributed by atoms with Gasteiger partial charge in [-0.3, -0.25) is 0 Å². The Kier molecular flexibility index (Phi) is 2.84. The molecular formula is C9H21N2+. The third-order valence-electron chi connectivity index (χ3n) is 1.54. The van der Waals surface area contributed by atoms with Crippen LogP contribution in [0.25, 0.3) is 0 Å². The lowest BCUT2D eigenvalue weighted by Crippen LogP contribution is -2.31. The highest BCUT2D eigenvalue weighted by atomic mass is 15.6. The predicted molar refractivity (Wildman–Crippen MR) is 50.6 cm³/mol. The van der Waals surface area contributed by atoms with Gasteiger partial charge in [-0.05, 0) is 6.92 Å². The minimum absolute atomic E-state index is 0.200. The van der Waals surface area contributed by atoms with Crippen molar-refractivity contribution in [1.82, 2.24) is 0 Å². The molecule has 0 atom stereocenters. The maximum Gasteiger partial charge on any atom is 0.0923 e. The summed E-state index contributed by atoms with van der Waals surface area (Å²) < 4.78 is 0.656. The van der Waals surface area contributed by atoms with Crippen LogP contribution in [0, 0.1) is 5.41 Å². The van der Waals surface area contributed by atoms with Gasteiger partial charge in [-0.1, -0.05) is 25.9 Å². The third-order valence-corrected chi connectivity index (χ3v) is 1.54. The van der Waals surface area contributed by atoms with Crippen molar-refractivity contribution in [3.05, 3.63) is 0 Å². The Bertz CT molecular complexity index is 155. The molecule has 0 radical (unpaired) electrons. The molecule has 2 nitrogen and oxygen atoms in total. The van der Waals surface area contributed by atoms with Crippen molar-refractivity contribution in [1.29, 1.82) is 0 Å². The summed E-state index contributed by atoms with van der Waals surface area (Å²) in [5.41, 5.74) is 1.40. The van der Waals surface area contributed by atoms with Gasteiger partial charge in [-0.15, -0.1) is 0 Å². The first-order chi connectivity index (χ1) is 4.63. The van der Waals surface area contributed by atoms with Crippen molar-refractivity contribution >= 4 is 5.71 Å². The number of hydrogen-bond donors (Lipinski definition) is 0. The molecule has 0 aliphatic heterocycles. The van der Waals surface area contributed by atoms with Gasteiger partial charge in [-0.2, -0.15) is 0 Å². The summed E-state index contributed by atoms with van der Waals surface area (Å²) in [5.74, 6) is 0. The molecule has 0 spiro atoms. The van der Waals surface area contributed by atoms with Gasteiger partial charge in [-0.25, -0.2) is 4.59 Å². The fourth-order valence-electron chi connectivity index (χ4n) is 0.600. The number of hydrogen-bond acceptors (Lipinski definition) is 1. The van der Waals surface area contributed by atoms with Gasteiger partial charge >= 0.3 is 0 Å². The minimum Gasteiger partial charge on any atom is -0.205 e. The van der Waals surface area contributed by atoms with E-state index in [9.17, 15) is 0 Å². The fraction of sp³-hybridized carbons (Fsp3) is 0.889. The van der Waals surface area contributed by atoms with Gasteiger partial charge in [0.05, 0.1) is 26.9 Å². The largest absolute Gasteiger partial charge is 0.205 e. The SMILES string of the molecule is C/C(=N\[N+](C)(C)C)C(C)(C)C. The van der Waals surface area contributed by atoms with Crippen LogP contribution in [0.5, 0.6) is 0 Å². The van der Waals surface area contributed by atoms with E-state index < -0.39 is 0 Å². The normalized spacial score (nSPS) is 15.4. The topological polar surface area (TPSA) is 12.4 Å². The van der Waals surface area contributed by atoms with Crippen molar-refractivity contribution in [3.63, 3.8) is 0 Å². The molecule has 0 aromatic carbocycles. The summed E-state index contributed by atoms with van der Waals surface area (Å²) in [7, 11) is 6.19. The van der Waals surface area contributed by atoms with Crippen molar-refractivity contribution in [2.75, 3.05) is 21.1 Å². The first kappa shape index (κ1) is 10.6. The molecule has 0 aliphatic rings. The summed E-state index contributed by atoms with van der Waals surface area (Å²) in [4.78, 5) is 0. The summed E-state index contributed by atoms with van der Waals surface area (Å²) in [5, 5.41) is 4.53. The lowest BCUT2D eigenvalue weighted by molar-refractivity contribution is -0.877. The summed E-state index contributed by atoms with van der Waals surface area (Å²) >= 11 is 0. The predicted octanol–water partition coefficient (Wildman–Crippen LogP) is 2.11. The molecule has 0 saturated heterocycles. The van der Waals surface area contributed by atoms with E-state index in [2.05, 4.69) is 53.9 Å². The molecule has 0 aromatic heterocycles. The fourth-order valence-corrected chi connectivity index (χ4v) is 0.600. The Labute approximate surface area is 70.5 Å². The van der Waals surface area contributed by atoms with Gasteiger partial charge in [0.15, 0.2) is 0 Å². The Morgan fingerprint density at radius 1 is 1.09 bits per heavy atom. The van der Waals surface area contributed by atoms with Gasteiger partial charge in [0.2, 0.25) is 0 Å². The molecule has 11 heavy (non-hydrogen) atoms. The van der Waals surface area contributed by atoms with Crippen LogP contribution in [0.15, 0.2) is 5.10 Å². The summed E-state index contributed by atoms with van der Waals surface area (Å²) in [6.45, 7) is 8.63. The van der Waals surface area contributed by atoms with Crippen LogP contribution in [-0.2, 0) is 0 Å². The molecule has 0 aliphatic carbocycles. The van der Waals surface area contributed by atoms with Crippen LogP contribution in [0.1, 0.15) is 27.7 Å². The second kappa shape index (κ2) is 2.94. The number of rotatable bonds is 1. The van der Waals surface area contributed by atoms with Crippen LogP contribution in [-0.4, -0.2) is 31.4 Å². The average Bonchev–Trinajstić information content (AvgIpc) is 1.56. The lowest BCUT2D eigenvalue weighted by Gasteiger charge is -2.22. The van der Waals surface area contributed by atoms with Crippen molar-refractivity contribution < 1.29 is 4.59 Å². The van der Waals surface area contributed by atoms with Gasteiger partial charge in [0, 0.05) is 5.41 Å². The standard InChI is InChI=1S/C9H21N2/c1-8(9(2,3)4)10-11(5,6)7/h1-7H3/q+1/b10-8+. The first-order valence-corrected chi connectivity index (χ1v) is 4.02. The highest BCUT2D eigenvalue weighted by molar-refractivity contribution is 5.86. The monoisotopic (exact) mass is 157 g/mol. The van der Waals surface area contributed by atoms with Gasteiger partial charge in [0.1, 0.15) is 0 Å². The van der Waals surface area contributed by atoms with Crippen LogP contribution >= 0.6 is 0 Å². The van der Waals surface area contributed by atoms with Gasteiger partial charge in [0.25, 0.3) is 0 Å². The summed E-state index contributed by atoms with van der Waals surface area (Å²) in [6.07, 6.45) is 0. The average molecular weight is 157 g/mol. The van der Waals surface area contributed by atoms with Crippen LogP contribution in [0.2, 0.25) is 0 Å². The molecule has 0 bridgehead atoms. The van der Waals surface area contributed by atoms with E-state index >= 15 is 0 Å². The molecule has 0 saturated carbocycles. The van der Waals surface area contributed by atoms with Crippen LogP contribution < -0.4 is 0 Å². The Hall–Kier alpha value is -0.370. The molecule has 0 amide bonds. The van der Waals surface area contributed by atoms with Crippen molar-refractivity contribution in [2.45, 2.75) is 27.7 Å². The lowest BCUT2D eigenvalue weighted by atomic mass is 9.91. The smallest absolute Gasteiger partial charge is 0.0923 e. The Morgan fingerprint density at radius 3 is 1.55 bits per heavy atom. The zero-order valence-electron chi connectivity index (χ0n) is 8.89. The van der Waals surface area contributed by atoms with E-state index in [1.807, 2.05) is 0 Å². The molecular weight excluding hydrogens is 136 g/mol. The molecule has 0 N–H and O–H groups in total. The van der Waals surface area contributed by atoms with Crippen LogP contribution in [0.4, 0.5) is 0 Å². The highest BCUT2D eigenvalue weighted by Gasteiger charge is 2.18. The molecule has 0 rings (SSSR count). The minimum atomic E-state index is 0.200. The van der Waals surface area contributed by atoms with E-state index in [0.717, 1.165) is 0 Å². The number of quaternary nitrogens is 1. The van der Waals surface area contributed by atoms with E-state index in [4.69, 9.17) is 0 Å². The molecule has 0 aromatic rings. The Morgan fingerprint density at radius 2 is 1.45 bits per heavy atom. The Balaban J connectivity index is 4.49. The van der Waals surface area contributed by atoms with Crippen molar-refractivity contribution in [3.8, 4) is 0 Å². The maximum absolute atomic E-state index is 4.53. The molecule has 0 fully saturated rings. The quantitative estimate of drug-likeness (QED) is 0.314. The molecule has 0 heterocycles. The third kappa shape index (κ3) is 4.96. The van der Waals surface area contributed by atoms with Crippen LogP contribution in [0.3, 0.4) is 0 Å². The second-order valence-corrected chi connectivity index (χ2v) is 4.88. The van der Waals surface area contributed by atoms with E-state index in [0.29, 0.717) is 4.59 Å².